The predicted octanol–water partition coefficient (Wildman–Crippen LogP) is 2.09. The minimum atomic E-state index is -4.43. The van der Waals surface area contributed by atoms with E-state index in [4.69, 9.17) is 0 Å². The van der Waals surface area contributed by atoms with Crippen LogP contribution in [0.1, 0.15) is 20.8 Å². The van der Waals surface area contributed by atoms with Crippen LogP contribution in [0.3, 0.4) is 0 Å². The van der Waals surface area contributed by atoms with Gasteiger partial charge in [-0.25, -0.2) is 0 Å². The molecule has 1 rings (SSSR count). The number of alkyl halides is 3. The number of ether oxygens (including phenoxy) is 1. The summed E-state index contributed by atoms with van der Waals surface area (Å²) < 4.78 is 41.1. The van der Waals surface area contributed by atoms with Crippen molar-refractivity contribution in [2.75, 3.05) is 36.5 Å². The zero-order chi connectivity index (χ0) is 15.2. The molecule has 0 aliphatic heterocycles. The Kier molecular flexibility index (Phi) is 5.78. The molecule has 0 unspecified atom stereocenters. The summed E-state index contributed by atoms with van der Waals surface area (Å²) in [6.07, 6.45) is -4.43. The van der Waals surface area contributed by atoms with Gasteiger partial charge in [-0.15, -0.1) is 0 Å². The van der Waals surface area contributed by atoms with Gasteiger partial charge in [-0.2, -0.15) is 28.1 Å². The third-order valence-electron chi connectivity index (χ3n) is 2.35. The minimum absolute atomic E-state index is 0.196. The van der Waals surface area contributed by atoms with Gasteiger partial charge in [-0.3, -0.25) is 0 Å². The Balaban J connectivity index is 2.97. The number of hydrogen-bond donors (Lipinski definition) is 1. The lowest BCUT2D eigenvalue weighted by Gasteiger charge is -2.19. The van der Waals surface area contributed by atoms with Gasteiger partial charge in [0, 0.05) is 19.6 Å². The van der Waals surface area contributed by atoms with E-state index in [1.54, 1.807) is 4.90 Å². The van der Waals surface area contributed by atoms with E-state index in [0.717, 1.165) is 0 Å². The first-order valence-corrected chi connectivity index (χ1v) is 6.34. The van der Waals surface area contributed by atoms with Crippen LogP contribution in [-0.2, 0) is 0 Å². The second kappa shape index (κ2) is 7.11. The molecule has 0 atom stereocenters. The Bertz CT molecular complexity index is 423. The van der Waals surface area contributed by atoms with E-state index in [2.05, 4.69) is 25.0 Å². The zero-order valence-electron chi connectivity index (χ0n) is 11.7. The molecule has 1 heterocycles. The van der Waals surface area contributed by atoms with Crippen molar-refractivity contribution in [3.05, 3.63) is 0 Å². The molecule has 0 saturated heterocycles. The summed E-state index contributed by atoms with van der Waals surface area (Å²) in [4.78, 5) is 13.6. The quantitative estimate of drug-likeness (QED) is 0.830. The average molecular weight is 293 g/mol. The van der Waals surface area contributed by atoms with Crippen LogP contribution < -0.4 is 15.0 Å². The summed E-state index contributed by atoms with van der Waals surface area (Å²) in [7, 11) is 0. The Morgan fingerprint density at radius 2 is 1.75 bits per heavy atom. The molecule has 20 heavy (non-hydrogen) atoms. The molecular weight excluding hydrogens is 275 g/mol. The van der Waals surface area contributed by atoms with Crippen molar-refractivity contribution in [2.24, 2.45) is 0 Å². The first kappa shape index (κ1) is 16.3. The molecule has 0 saturated carbocycles. The van der Waals surface area contributed by atoms with Crippen LogP contribution in [-0.4, -0.2) is 47.4 Å². The van der Waals surface area contributed by atoms with Gasteiger partial charge in [-0.1, -0.05) is 0 Å². The fraction of sp³-hybridized carbons (Fsp3) is 0.727. The van der Waals surface area contributed by atoms with E-state index >= 15 is 0 Å². The maximum atomic E-state index is 12.2. The fourth-order valence-corrected chi connectivity index (χ4v) is 1.44. The number of anilines is 2. The minimum Gasteiger partial charge on any atom is -0.454 e. The molecule has 0 aliphatic rings. The van der Waals surface area contributed by atoms with Crippen LogP contribution >= 0.6 is 0 Å². The van der Waals surface area contributed by atoms with Crippen molar-refractivity contribution in [1.29, 1.82) is 0 Å². The van der Waals surface area contributed by atoms with Crippen molar-refractivity contribution in [2.45, 2.75) is 26.9 Å². The molecule has 0 amide bonds. The van der Waals surface area contributed by atoms with Crippen LogP contribution in [0.15, 0.2) is 0 Å². The molecule has 114 valence electrons. The number of nitrogens with one attached hydrogen (secondary N) is 1. The summed E-state index contributed by atoms with van der Waals surface area (Å²) in [6.45, 7) is 6.00. The largest absolute Gasteiger partial charge is 0.454 e. The van der Waals surface area contributed by atoms with Crippen LogP contribution in [0, 0.1) is 0 Å². The first-order valence-electron chi connectivity index (χ1n) is 6.34. The molecule has 0 aromatic carbocycles. The van der Waals surface area contributed by atoms with Crippen molar-refractivity contribution < 1.29 is 17.9 Å². The van der Waals surface area contributed by atoms with E-state index in [-0.39, 0.29) is 17.9 Å². The Hall–Kier alpha value is -1.80. The molecular formula is C11H18F3N5O. The van der Waals surface area contributed by atoms with Gasteiger partial charge in [0.15, 0.2) is 6.61 Å². The van der Waals surface area contributed by atoms with Crippen molar-refractivity contribution in [1.82, 2.24) is 15.0 Å². The predicted molar refractivity (Wildman–Crippen MR) is 69.1 cm³/mol. The number of hydrogen-bond acceptors (Lipinski definition) is 6. The highest BCUT2D eigenvalue weighted by Crippen LogP contribution is 2.19. The summed E-state index contributed by atoms with van der Waals surface area (Å²) in [5.41, 5.74) is 0. The van der Waals surface area contributed by atoms with Gasteiger partial charge in [0.1, 0.15) is 0 Å². The Morgan fingerprint density at radius 3 is 2.25 bits per heavy atom. The molecule has 1 aromatic heterocycles. The third kappa shape index (κ3) is 5.06. The summed E-state index contributed by atoms with van der Waals surface area (Å²) in [5, 5.41) is 2.84. The lowest BCUT2D eigenvalue weighted by atomic mass is 10.5. The van der Waals surface area contributed by atoms with Crippen molar-refractivity contribution in [3.63, 3.8) is 0 Å². The van der Waals surface area contributed by atoms with E-state index in [1.807, 2.05) is 20.8 Å². The van der Waals surface area contributed by atoms with Gasteiger partial charge in [0.25, 0.3) is 0 Å². The highest BCUT2D eigenvalue weighted by atomic mass is 19.4. The second-order valence-corrected chi connectivity index (χ2v) is 3.85. The molecule has 6 nitrogen and oxygen atoms in total. The first-order chi connectivity index (χ1) is 9.39. The highest BCUT2D eigenvalue weighted by molar-refractivity contribution is 5.38. The van der Waals surface area contributed by atoms with Crippen molar-refractivity contribution >= 4 is 11.9 Å². The third-order valence-corrected chi connectivity index (χ3v) is 2.35. The number of rotatable bonds is 7. The maximum absolute atomic E-state index is 12.2. The summed E-state index contributed by atoms with van der Waals surface area (Å²) >= 11 is 0. The number of halogens is 3. The van der Waals surface area contributed by atoms with E-state index in [9.17, 15) is 13.2 Å². The average Bonchev–Trinajstić information content (AvgIpc) is 2.37. The van der Waals surface area contributed by atoms with Gasteiger partial charge >= 0.3 is 12.2 Å². The molecule has 1 aromatic rings. The fourth-order valence-electron chi connectivity index (χ4n) is 1.44. The normalized spacial score (nSPS) is 11.3. The van der Waals surface area contributed by atoms with Gasteiger partial charge in [0.2, 0.25) is 11.9 Å². The van der Waals surface area contributed by atoms with E-state index in [0.29, 0.717) is 19.6 Å². The standard InChI is InChI=1S/C11H18F3N5O/c1-4-15-8-16-9(19(5-2)6-3)18-10(17-8)20-7-11(12,13)14/h4-7H2,1-3H3,(H,15,16,17,18). The SMILES string of the molecule is CCNc1nc(OCC(F)(F)F)nc(N(CC)CC)n1. The highest BCUT2D eigenvalue weighted by Gasteiger charge is 2.29. The molecule has 0 radical (unpaired) electrons. The van der Waals surface area contributed by atoms with Crippen molar-refractivity contribution in [3.8, 4) is 6.01 Å². The number of nitrogens with zero attached hydrogens (tertiary/aromatic N) is 4. The molecule has 0 bridgehead atoms. The van der Waals surface area contributed by atoms with Gasteiger partial charge in [-0.05, 0) is 20.8 Å². The molecule has 0 fully saturated rings. The maximum Gasteiger partial charge on any atom is 0.422 e. The Labute approximate surface area is 115 Å². The molecule has 0 aliphatic carbocycles. The zero-order valence-corrected chi connectivity index (χ0v) is 11.7. The lowest BCUT2D eigenvalue weighted by molar-refractivity contribution is -0.154. The monoisotopic (exact) mass is 293 g/mol. The summed E-state index contributed by atoms with van der Waals surface area (Å²) in [5.74, 6) is 0.486. The topological polar surface area (TPSA) is 63.2 Å². The molecule has 9 heteroatoms. The lowest BCUT2D eigenvalue weighted by Crippen LogP contribution is -2.26. The Morgan fingerprint density at radius 1 is 1.10 bits per heavy atom. The molecule has 1 N–H and O–H groups in total. The second-order valence-electron chi connectivity index (χ2n) is 3.85. The van der Waals surface area contributed by atoms with E-state index < -0.39 is 12.8 Å². The van der Waals surface area contributed by atoms with Gasteiger partial charge in [0.05, 0.1) is 0 Å². The van der Waals surface area contributed by atoms with Gasteiger partial charge < -0.3 is 15.0 Å². The van der Waals surface area contributed by atoms with E-state index in [1.165, 1.54) is 0 Å². The van der Waals surface area contributed by atoms with Crippen LogP contribution in [0.2, 0.25) is 0 Å². The van der Waals surface area contributed by atoms with Crippen LogP contribution in [0.25, 0.3) is 0 Å². The van der Waals surface area contributed by atoms with Crippen LogP contribution in [0.5, 0.6) is 6.01 Å². The van der Waals surface area contributed by atoms with Crippen LogP contribution in [0.4, 0.5) is 25.1 Å². The summed E-state index contributed by atoms with van der Waals surface area (Å²) in [6, 6.07) is -0.338. The smallest absolute Gasteiger partial charge is 0.422 e. The molecule has 0 spiro atoms. The number of aromatic nitrogens is 3.